The summed E-state index contributed by atoms with van der Waals surface area (Å²) in [5.41, 5.74) is 0. The van der Waals surface area contributed by atoms with Crippen LogP contribution in [0.5, 0.6) is 0 Å². The van der Waals surface area contributed by atoms with Crippen molar-refractivity contribution in [3.05, 3.63) is 23.8 Å². The van der Waals surface area contributed by atoms with Crippen LogP contribution in [0.4, 0.5) is 4.39 Å². The maximum Gasteiger partial charge on any atom is 0.125 e. The zero-order valence-electron chi connectivity index (χ0n) is 4.53. The normalized spacial score (nSPS) is 11.5. The molecule has 0 unspecified atom stereocenters. The Bertz CT molecular complexity index is 96.7. The Kier molecular flexibility index (Phi) is 4.67. The summed E-state index contributed by atoms with van der Waals surface area (Å²) < 4.78 is 11.5. The summed E-state index contributed by atoms with van der Waals surface area (Å²) in [6, 6.07) is 0. The lowest BCUT2D eigenvalue weighted by Gasteiger charge is -1.84. The number of rotatable bonds is 3. The molecule has 0 saturated carbocycles. The number of allylic oxidation sites excluding steroid dienone is 3. The van der Waals surface area contributed by atoms with Gasteiger partial charge in [-0.25, -0.2) is 4.39 Å². The molecule has 2 heteroatoms. The summed E-state index contributed by atoms with van der Waals surface area (Å²) >= 11 is 5.28. The van der Waals surface area contributed by atoms with Crippen LogP contribution in [0.15, 0.2) is 23.8 Å². The second kappa shape index (κ2) is 4.85. The van der Waals surface area contributed by atoms with Crippen LogP contribution >= 0.6 is 11.6 Å². The molecule has 0 atom stereocenters. The molecule has 0 aliphatic heterocycles. The van der Waals surface area contributed by atoms with Crippen LogP contribution in [0.1, 0.15) is 6.42 Å². The van der Waals surface area contributed by atoms with Gasteiger partial charge in [0, 0.05) is 5.03 Å². The van der Waals surface area contributed by atoms with E-state index in [4.69, 9.17) is 11.6 Å². The fraction of sp³-hybridized carbons (Fsp3) is 0.333. The molecule has 0 rings (SSSR count). The molecule has 0 bridgehead atoms. The summed E-state index contributed by atoms with van der Waals surface area (Å²) in [6.07, 6.45) is 3.90. The van der Waals surface area contributed by atoms with Crippen molar-refractivity contribution in [1.29, 1.82) is 0 Å². The van der Waals surface area contributed by atoms with Crippen LogP contribution in [0.3, 0.4) is 0 Å². The third-order valence-corrected chi connectivity index (χ3v) is 0.889. The molecule has 0 radical (unpaired) electrons. The Balaban J connectivity index is 3.40. The van der Waals surface area contributed by atoms with E-state index in [1.165, 1.54) is 0 Å². The van der Waals surface area contributed by atoms with Crippen LogP contribution in [0.2, 0.25) is 0 Å². The van der Waals surface area contributed by atoms with Gasteiger partial charge in [0.05, 0.1) is 0 Å². The highest BCUT2D eigenvalue weighted by atomic mass is 35.5. The predicted octanol–water partition coefficient (Wildman–Crippen LogP) is 2.65. The maximum absolute atomic E-state index is 11.5. The lowest BCUT2D eigenvalue weighted by atomic mass is 10.4. The first-order valence-electron chi connectivity index (χ1n) is 2.32. The molecular formula is C6H8ClF. The van der Waals surface area contributed by atoms with Crippen LogP contribution in [-0.4, -0.2) is 6.67 Å². The van der Waals surface area contributed by atoms with Crippen LogP contribution in [0, 0.1) is 0 Å². The molecule has 0 fully saturated rings. The van der Waals surface area contributed by atoms with Gasteiger partial charge in [0.15, 0.2) is 0 Å². The molecule has 0 aliphatic carbocycles. The van der Waals surface area contributed by atoms with Crippen molar-refractivity contribution in [2.45, 2.75) is 6.42 Å². The molecule has 0 aromatic carbocycles. The maximum atomic E-state index is 11.5. The molecule has 0 heterocycles. The number of hydrogen-bond acceptors (Lipinski definition) is 0. The van der Waals surface area contributed by atoms with Crippen LogP contribution < -0.4 is 0 Å². The highest BCUT2D eigenvalue weighted by Gasteiger charge is 1.84. The van der Waals surface area contributed by atoms with Gasteiger partial charge in [-0.2, -0.15) is 0 Å². The highest BCUT2D eigenvalue weighted by molar-refractivity contribution is 6.29. The second-order valence-corrected chi connectivity index (χ2v) is 1.79. The quantitative estimate of drug-likeness (QED) is 0.521. The zero-order valence-corrected chi connectivity index (χ0v) is 5.29. The Labute approximate surface area is 53.7 Å². The van der Waals surface area contributed by atoms with E-state index in [-0.39, 0.29) is 5.03 Å². The average molecular weight is 135 g/mol. The molecule has 0 aliphatic rings. The standard InChI is InChI=1S/C6H8ClF/c1-2-3-4-6(7)5-8/h2,4H,1,3,5H2. The first kappa shape index (κ1) is 7.70. The van der Waals surface area contributed by atoms with E-state index in [0.29, 0.717) is 6.42 Å². The Hall–Kier alpha value is -0.300. The van der Waals surface area contributed by atoms with Gasteiger partial charge in [0.2, 0.25) is 0 Å². The molecule has 0 N–H and O–H groups in total. The van der Waals surface area contributed by atoms with Gasteiger partial charge in [-0.1, -0.05) is 23.8 Å². The molecule has 0 nitrogen and oxygen atoms in total. The molecule has 46 valence electrons. The summed E-state index contributed by atoms with van der Waals surface area (Å²) in [5, 5.41) is 0.255. The minimum atomic E-state index is -0.574. The molecule has 0 saturated heterocycles. The lowest BCUT2D eigenvalue weighted by molar-refractivity contribution is 0.555. The fourth-order valence-corrected chi connectivity index (χ4v) is 0.355. The van der Waals surface area contributed by atoms with Crippen molar-refractivity contribution in [3.8, 4) is 0 Å². The van der Waals surface area contributed by atoms with Crippen molar-refractivity contribution in [2.75, 3.05) is 6.67 Å². The summed E-state index contributed by atoms with van der Waals surface area (Å²) in [6.45, 7) is 2.87. The third-order valence-electron chi connectivity index (χ3n) is 0.634. The molecule has 0 amide bonds. The van der Waals surface area contributed by atoms with Gasteiger partial charge in [0.25, 0.3) is 0 Å². The van der Waals surface area contributed by atoms with Crippen molar-refractivity contribution in [2.24, 2.45) is 0 Å². The SMILES string of the molecule is C=CCC=C(Cl)CF. The van der Waals surface area contributed by atoms with Gasteiger partial charge in [0.1, 0.15) is 6.67 Å². The van der Waals surface area contributed by atoms with E-state index >= 15 is 0 Å². The summed E-state index contributed by atoms with van der Waals surface area (Å²) in [5.74, 6) is 0. The predicted molar refractivity (Wildman–Crippen MR) is 34.7 cm³/mol. The van der Waals surface area contributed by atoms with Crippen molar-refractivity contribution in [3.63, 3.8) is 0 Å². The van der Waals surface area contributed by atoms with Crippen LogP contribution in [-0.2, 0) is 0 Å². The molecule has 8 heavy (non-hydrogen) atoms. The van der Waals surface area contributed by atoms with Crippen molar-refractivity contribution >= 4 is 11.6 Å². The smallest absolute Gasteiger partial charge is 0.125 e. The van der Waals surface area contributed by atoms with Gasteiger partial charge in [-0.3, -0.25) is 0 Å². The molecule has 0 spiro atoms. The molecule has 0 aromatic rings. The van der Waals surface area contributed by atoms with E-state index in [1.54, 1.807) is 12.2 Å². The van der Waals surface area contributed by atoms with E-state index in [1.807, 2.05) is 0 Å². The van der Waals surface area contributed by atoms with Gasteiger partial charge >= 0.3 is 0 Å². The Morgan fingerprint density at radius 1 is 1.75 bits per heavy atom. The number of halogens is 2. The van der Waals surface area contributed by atoms with Crippen LogP contribution in [0.25, 0.3) is 0 Å². The first-order chi connectivity index (χ1) is 3.81. The Morgan fingerprint density at radius 2 is 2.38 bits per heavy atom. The van der Waals surface area contributed by atoms with Crippen molar-refractivity contribution in [1.82, 2.24) is 0 Å². The Morgan fingerprint density at radius 3 is 2.75 bits per heavy atom. The summed E-state index contributed by atoms with van der Waals surface area (Å²) in [4.78, 5) is 0. The zero-order chi connectivity index (χ0) is 6.41. The topological polar surface area (TPSA) is 0 Å². The molecule has 0 aromatic heterocycles. The van der Waals surface area contributed by atoms with E-state index in [2.05, 4.69) is 6.58 Å². The highest BCUT2D eigenvalue weighted by Crippen LogP contribution is 2.02. The van der Waals surface area contributed by atoms with Gasteiger partial charge in [-0.05, 0) is 6.42 Å². The van der Waals surface area contributed by atoms with E-state index < -0.39 is 6.67 Å². The van der Waals surface area contributed by atoms with E-state index in [9.17, 15) is 4.39 Å². The first-order valence-corrected chi connectivity index (χ1v) is 2.70. The monoisotopic (exact) mass is 134 g/mol. The largest absolute Gasteiger partial charge is 0.245 e. The number of alkyl halides is 1. The van der Waals surface area contributed by atoms with E-state index in [0.717, 1.165) is 0 Å². The van der Waals surface area contributed by atoms with Gasteiger partial charge < -0.3 is 0 Å². The minimum Gasteiger partial charge on any atom is -0.245 e. The summed E-state index contributed by atoms with van der Waals surface area (Å²) in [7, 11) is 0. The second-order valence-electron chi connectivity index (χ2n) is 1.31. The minimum absolute atomic E-state index is 0.255. The average Bonchev–Trinajstić information content (AvgIpc) is 1.83. The lowest BCUT2D eigenvalue weighted by Crippen LogP contribution is -1.71. The van der Waals surface area contributed by atoms with Crippen molar-refractivity contribution < 1.29 is 4.39 Å². The third kappa shape index (κ3) is 3.88. The number of hydrogen-bond donors (Lipinski definition) is 0. The van der Waals surface area contributed by atoms with Gasteiger partial charge in [-0.15, -0.1) is 6.58 Å². The fourth-order valence-electron chi connectivity index (χ4n) is 0.266. The molecular weight excluding hydrogens is 127 g/mol.